The number of rotatable bonds is 3. The van der Waals surface area contributed by atoms with E-state index in [4.69, 9.17) is 23.2 Å². The summed E-state index contributed by atoms with van der Waals surface area (Å²) in [7, 11) is 0. The van der Waals surface area contributed by atoms with E-state index in [1.807, 2.05) is 13.1 Å². The molecule has 0 unspecified atom stereocenters. The summed E-state index contributed by atoms with van der Waals surface area (Å²) < 4.78 is 15.4. The van der Waals surface area contributed by atoms with Crippen molar-refractivity contribution in [1.82, 2.24) is 9.55 Å². The summed E-state index contributed by atoms with van der Waals surface area (Å²) in [6.45, 7) is 1.95. The zero-order valence-corrected chi connectivity index (χ0v) is 13.2. The zero-order chi connectivity index (χ0) is 15.0. The minimum Gasteiger partial charge on any atom is -0.323 e. The zero-order valence-electron chi connectivity index (χ0n) is 11.7. The summed E-state index contributed by atoms with van der Waals surface area (Å²) in [4.78, 5) is 4.50. The molecule has 2 aromatic rings. The molecule has 1 aromatic carbocycles. The van der Waals surface area contributed by atoms with E-state index in [-0.39, 0.29) is 10.0 Å². The first-order chi connectivity index (χ1) is 10.0. The topological polar surface area (TPSA) is 29.9 Å². The second-order valence-electron chi connectivity index (χ2n) is 5.42. The van der Waals surface area contributed by atoms with Crippen molar-refractivity contribution in [1.29, 1.82) is 0 Å². The first kappa shape index (κ1) is 14.7. The predicted molar refractivity (Wildman–Crippen MR) is 84.2 cm³/mol. The second-order valence-corrected chi connectivity index (χ2v) is 6.24. The summed E-state index contributed by atoms with van der Waals surface area (Å²) in [5.41, 5.74) is 1.42. The van der Waals surface area contributed by atoms with Gasteiger partial charge in [-0.25, -0.2) is 9.37 Å². The molecule has 3 nitrogen and oxygen atoms in total. The number of anilines is 2. The van der Waals surface area contributed by atoms with Gasteiger partial charge in [0.1, 0.15) is 5.82 Å². The monoisotopic (exact) mass is 327 g/mol. The highest BCUT2D eigenvalue weighted by molar-refractivity contribution is 6.39. The molecule has 0 spiro atoms. The van der Waals surface area contributed by atoms with Crippen LogP contribution in [0, 0.1) is 12.7 Å². The molecule has 0 radical (unpaired) electrons. The van der Waals surface area contributed by atoms with Crippen molar-refractivity contribution in [3.63, 3.8) is 0 Å². The molecule has 1 fully saturated rings. The molecule has 0 atom stereocenters. The van der Waals surface area contributed by atoms with Crippen LogP contribution in [0.1, 0.15) is 37.4 Å². The Morgan fingerprint density at radius 3 is 2.48 bits per heavy atom. The van der Waals surface area contributed by atoms with E-state index in [0.29, 0.717) is 17.7 Å². The SMILES string of the molecule is Cc1cn(C2CCCC2)c(Nc2c(Cl)cc(F)cc2Cl)n1. The third kappa shape index (κ3) is 3.01. The quantitative estimate of drug-likeness (QED) is 0.807. The molecule has 0 bridgehead atoms. The lowest BCUT2D eigenvalue weighted by atomic mass is 10.2. The van der Waals surface area contributed by atoms with Gasteiger partial charge in [0.15, 0.2) is 0 Å². The van der Waals surface area contributed by atoms with Crippen LogP contribution >= 0.6 is 23.2 Å². The molecule has 1 N–H and O–H groups in total. The van der Waals surface area contributed by atoms with Crippen molar-refractivity contribution in [3.05, 3.63) is 39.9 Å². The van der Waals surface area contributed by atoms with Gasteiger partial charge in [-0.2, -0.15) is 0 Å². The van der Waals surface area contributed by atoms with Crippen molar-refractivity contribution in [3.8, 4) is 0 Å². The number of aryl methyl sites for hydroxylation is 1. The maximum Gasteiger partial charge on any atom is 0.207 e. The molecule has 0 amide bonds. The van der Waals surface area contributed by atoms with E-state index in [1.54, 1.807) is 0 Å². The third-order valence-corrected chi connectivity index (χ3v) is 4.41. The fourth-order valence-corrected chi connectivity index (χ4v) is 3.40. The highest BCUT2D eigenvalue weighted by Gasteiger charge is 2.21. The Labute approximate surface area is 133 Å². The van der Waals surface area contributed by atoms with Crippen LogP contribution in [0.3, 0.4) is 0 Å². The smallest absolute Gasteiger partial charge is 0.207 e. The first-order valence-electron chi connectivity index (χ1n) is 7.01. The summed E-state index contributed by atoms with van der Waals surface area (Å²) in [6.07, 6.45) is 6.80. The number of imidazole rings is 1. The Hall–Kier alpha value is -1.26. The number of nitrogens with one attached hydrogen (secondary N) is 1. The van der Waals surface area contributed by atoms with Crippen LogP contribution in [0.4, 0.5) is 16.0 Å². The Morgan fingerprint density at radius 1 is 1.24 bits per heavy atom. The molecule has 0 aliphatic heterocycles. The standard InChI is InChI=1S/C15H16Cl2FN3/c1-9-8-21(11-4-2-3-5-11)15(19-9)20-14-12(16)6-10(18)7-13(14)17/h6-8,11H,2-5H2,1H3,(H,19,20). The van der Waals surface area contributed by atoms with Gasteiger partial charge in [-0.15, -0.1) is 0 Å². The molecule has 1 aromatic heterocycles. The Kier molecular flexibility index (Phi) is 4.09. The van der Waals surface area contributed by atoms with Gasteiger partial charge in [0.25, 0.3) is 0 Å². The molecular weight excluding hydrogens is 312 g/mol. The van der Waals surface area contributed by atoms with Crippen LogP contribution in [0.2, 0.25) is 10.0 Å². The van der Waals surface area contributed by atoms with E-state index in [0.717, 1.165) is 18.5 Å². The van der Waals surface area contributed by atoms with Gasteiger partial charge >= 0.3 is 0 Å². The molecule has 1 aliphatic rings. The van der Waals surface area contributed by atoms with Crippen LogP contribution in [0.5, 0.6) is 0 Å². The van der Waals surface area contributed by atoms with E-state index < -0.39 is 5.82 Å². The minimum absolute atomic E-state index is 0.249. The Morgan fingerprint density at radius 2 is 1.86 bits per heavy atom. The third-order valence-electron chi connectivity index (χ3n) is 3.81. The molecule has 1 heterocycles. The van der Waals surface area contributed by atoms with Gasteiger partial charge < -0.3 is 9.88 Å². The van der Waals surface area contributed by atoms with Crippen molar-refractivity contribution in [2.45, 2.75) is 38.6 Å². The fourth-order valence-electron chi connectivity index (χ4n) is 2.84. The van der Waals surface area contributed by atoms with Crippen molar-refractivity contribution < 1.29 is 4.39 Å². The van der Waals surface area contributed by atoms with E-state index in [1.165, 1.54) is 25.0 Å². The number of hydrogen-bond donors (Lipinski definition) is 1. The van der Waals surface area contributed by atoms with Gasteiger partial charge in [0, 0.05) is 12.2 Å². The lowest BCUT2D eigenvalue weighted by Crippen LogP contribution is -2.08. The van der Waals surface area contributed by atoms with Crippen LogP contribution in [0.25, 0.3) is 0 Å². The van der Waals surface area contributed by atoms with Gasteiger partial charge in [0.05, 0.1) is 21.4 Å². The predicted octanol–water partition coefficient (Wildman–Crippen LogP) is 5.50. The lowest BCUT2D eigenvalue weighted by Gasteiger charge is -2.16. The molecule has 0 saturated heterocycles. The average molecular weight is 328 g/mol. The number of nitrogens with zero attached hydrogens (tertiary/aromatic N) is 2. The van der Waals surface area contributed by atoms with E-state index in [2.05, 4.69) is 14.9 Å². The molecule has 6 heteroatoms. The first-order valence-corrected chi connectivity index (χ1v) is 7.77. The van der Waals surface area contributed by atoms with Crippen LogP contribution in [-0.2, 0) is 0 Å². The normalized spacial score (nSPS) is 15.6. The van der Waals surface area contributed by atoms with Gasteiger partial charge in [-0.3, -0.25) is 0 Å². The largest absolute Gasteiger partial charge is 0.323 e. The lowest BCUT2D eigenvalue weighted by molar-refractivity contribution is 0.524. The average Bonchev–Trinajstić information content (AvgIpc) is 3.02. The molecule has 21 heavy (non-hydrogen) atoms. The van der Waals surface area contributed by atoms with Gasteiger partial charge in [-0.05, 0) is 31.9 Å². The Balaban J connectivity index is 1.95. The van der Waals surface area contributed by atoms with Crippen LogP contribution < -0.4 is 5.32 Å². The Bertz CT molecular complexity index is 640. The molecule has 1 aliphatic carbocycles. The number of benzene rings is 1. The molecule has 3 rings (SSSR count). The minimum atomic E-state index is -0.453. The van der Waals surface area contributed by atoms with Crippen molar-refractivity contribution in [2.75, 3.05) is 5.32 Å². The van der Waals surface area contributed by atoms with E-state index in [9.17, 15) is 4.39 Å². The van der Waals surface area contributed by atoms with Gasteiger partial charge in [-0.1, -0.05) is 36.0 Å². The maximum atomic E-state index is 13.3. The highest BCUT2D eigenvalue weighted by atomic mass is 35.5. The molecule has 112 valence electrons. The van der Waals surface area contributed by atoms with Crippen molar-refractivity contribution in [2.24, 2.45) is 0 Å². The number of aromatic nitrogens is 2. The van der Waals surface area contributed by atoms with E-state index >= 15 is 0 Å². The molecule has 1 saturated carbocycles. The highest BCUT2D eigenvalue weighted by Crippen LogP contribution is 2.36. The number of halogens is 3. The summed E-state index contributed by atoms with van der Waals surface area (Å²) in [6, 6.07) is 2.93. The van der Waals surface area contributed by atoms with Crippen LogP contribution in [-0.4, -0.2) is 9.55 Å². The summed E-state index contributed by atoms with van der Waals surface area (Å²) in [5, 5.41) is 3.65. The maximum absolute atomic E-state index is 13.3. The second kappa shape index (κ2) is 5.85. The molecular formula is C15H16Cl2FN3. The van der Waals surface area contributed by atoms with Crippen LogP contribution in [0.15, 0.2) is 18.3 Å². The summed E-state index contributed by atoms with van der Waals surface area (Å²) in [5.74, 6) is 0.251. The van der Waals surface area contributed by atoms with Crippen molar-refractivity contribution >= 4 is 34.8 Å². The summed E-state index contributed by atoms with van der Waals surface area (Å²) >= 11 is 12.2. The fraction of sp³-hybridized carbons (Fsp3) is 0.400. The number of hydrogen-bond acceptors (Lipinski definition) is 2. The van der Waals surface area contributed by atoms with Gasteiger partial charge in [0.2, 0.25) is 5.95 Å².